The van der Waals surface area contributed by atoms with Gasteiger partial charge in [0.25, 0.3) is 0 Å². The summed E-state index contributed by atoms with van der Waals surface area (Å²) in [6.45, 7) is 0. The molecule has 9 aromatic carbocycles. The lowest BCUT2D eigenvalue weighted by molar-refractivity contribution is 0.669. The molecule has 0 unspecified atom stereocenters. The lowest BCUT2D eigenvalue weighted by Gasteiger charge is -2.16. The zero-order valence-electron chi connectivity index (χ0n) is 29.6. The summed E-state index contributed by atoms with van der Waals surface area (Å²) < 4.78 is 6.50. The molecule has 4 nitrogen and oxygen atoms in total. The second kappa shape index (κ2) is 12.6. The maximum atomic E-state index is 6.50. The van der Waals surface area contributed by atoms with Crippen LogP contribution >= 0.6 is 0 Å². The number of furan rings is 1. The lowest BCUT2D eigenvalue weighted by Crippen LogP contribution is -2.02. The molecule has 0 spiro atoms. The van der Waals surface area contributed by atoms with Crippen LogP contribution in [0.15, 0.2) is 192 Å². The summed E-state index contributed by atoms with van der Waals surface area (Å²) >= 11 is 0. The van der Waals surface area contributed by atoms with Crippen molar-refractivity contribution in [2.75, 3.05) is 0 Å². The van der Waals surface area contributed by atoms with Crippen LogP contribution in [0.1, 0.15) is 0 Å². The van der Waals surface area contributed by atoms with Crippen LogP contribution in [0.5, 0.6) is 0 Å². The molecule has 11 rings (SSSR count). The molecular weight excluding hydrogens is 671 g/mol. The summed E-state index contributed by atoms with van der Waals surface area (Å²) in [5.41, 5.74) is 8.75. The second-order valence-corrected chi connectivity index (χ2v) is 13.9. The van der Waals surface area contributed by atoms with Crippen molar-refractivity contribution in [1.29, 1.82) is 0 Å². The van der Waals surface area contributed by atoms with Crippen LogP contribution in [0.25, 0.3) is 111 Å². The molecule has 4 heteroatoms. The van der Waals surface area contributed by atoms with E-state index < -0.39 is 0 Å². The third-order valence-electron chi connectivity index (χ3n) is 10.7. The Bertz CT molecular complexity index is 3260. The van der Waals surface area contributed by atoms with Crippen LogP contribution in [0.4, 0.5) is 0 Å². The van der Waals surface area contributed by atoms with Crippen molar-refractivity contribution >= 4 is 54.3 Å². The third kappa shape index (κ3) is 5.19. The molecule has 0 radical (unpaired) electrons. The standard InChI is InChI=1S/C51H31N3O/c1-3-14-32(15-4-1)35-19-13-20-36(30-35)38-28-29-46-47(42-24-11-12-25-45(42)55-46)48(38)51-53-49(34-17-5-2-6-18-34)52-50(54-51)44-31-43-37-21-8-7-16-33(37)26-27-41(43)39-22-9-10-23-40(39)44/h1-31H. The molecule has 0 amide bonds. The van der Waals surface area contributed by atoms with Gasteiger partial charge in [0.15, 0.2) is 17.5 Å². The minimum atomic E-state index is 0.586. The smallest absolute Gasteiger partial charge is 0.165 e. The van der Waals surface area contributed by atoms with E-state index in [4.69, 9.17) is 19.4 Å². The Morgan fingerprint density at radius 1 is 0.309 bits per heavy atom. The first-order valence-corrected chi connectivity index (χ1v) is 18.5. The van der Waals surface area contributed by atoms with E-state index in [-0.39, 0.29) is 0 Å². The van der Waals surface area contributed by atoms with E-state index in [1.165, 1.54) is 16.2 Å². The van der Waals surface area contributed by atoms with E-state index in [0.717, 1.165) is 77.0 Å². The summed E-state index contributed by atoms with van der Waals surface area (Å²) in [6, 6.07) is 65.7. The quantitative estimate of drug-likeness (QED) is 0.168. The zero-order valence-corrected chi connectivity index (χ0v) is 29.6. The fourth-order valence-electron chi connectivity index (χ4n) is 8.16. The van der Waals surface area contributed by atoms with Gasteiger partial charge in [-0.05, 0) is 84.9 Å². The Kier molecular flexibility index (Phi) is 7.14. The highest BCUT2D eigenvalue weighted by atomic mass is 16.3. The van der Waals surface area contributed by atoms with Crippen LogP contribution in [-0.2, 0) is 0 Å². The number of nitrogens with zero attached hydrogens (tertiary/aromatic N) is 3. The van der Waals surface area contributed by atoms with Crippen molar-refractivity contribution in [3.05, 3.63) is 188 Å². The Morgan fingerprint density at radius 3 is 1.76 bits per heavy atom. The summed E-state index contributed by atoms with van der Waals surface area (Å²) in [5, 5.41) is 8.98. The number of fused-ring (bicyclic) bond motifs is 8. The van der Waals surface area contributed by atoms with Crippen molar-refractivity contribution < 1.29 is 4.42 Å². The van der Waals surface area contributed by atoms with Crippen molar-refractivity contribution in [1.82, 2.24) is 15.0 Å². The van der Waals surface area contributed by atoms with E-state index in [0.29, 0.717) is 17.5 Å². The molecule has 0 aliphatic rings. The molecule has 0 aliphatic heterocycles. The monoisotopic (exact) mass is 701 g/mol. The average Bonchev–Trinajstić information content (AvgIpc) is 3.65. The Hall–Kier alpha value is -7.43. The van der Waals surface area contributed by atoms with Gasteiger partial charge >= 0.3 is 0 Å². The zero-order chi connectivity index (χ0) is 36.3. The highest BCUT2D eigenvalue weighted by Gasteiger charge is 2.23. The van der Waals surface area contributed by atoms with Gasteiger partial charge in [-0.2, -0.15) is 0 Å². The van der Waals surface area contributed by atoms with Crippen LogP contribution < -0.4 is 0 Å². The molecule has 11 aromatic rings. The highest BCUT2D eigenvalue weighted by Crippen LogP contribution is 2.44. The van der Waals surface area contributed by atoms with Gasteiger partial charge in [0.1, 0.15) is 11.2 Å². The second-order valence-electron chi connectivity index (χ2n) is 13.9. The van der Waals surface area contributed by atoms with Gasteiger partial charge in [0.05, 0.1) is 0 Å². The normalized spacial score (nSPS) is 11.6. The topological polar surface area (TPSA) is 51.8 Å². The predicted octanol–water partition coefficient (Wildman–Crippen LogP) is 13.6. The van der Waals surface area contributed by atoms with Gasteiger partial charge in [-0.15, -0.1) is 0 Å². The van der Waals surface area contributed by atoms with E-state index in [1.807, 2.05) is 36.4 Å². The Labute approximate surface area is 317 Å². The van der Waals surface area contributed by atoms with Gasteiger partial charge in [0.2, 0.25) is 0 Å². The van der Waals surface area contributed by atoms with Crippen LogP contribution in [0.2, 0.25) is 0 Å². The van der Waals surface area contributed by atoms with Crippen LogP contribution in [0.3, 0.4) is 0 Å². The van der Waals surface area contributed by atoms with Crippen molar-refractivity contribution in [2.45, 2.75) is 0 Å². The fourth-order valence-corrected chi connectivity index (χ4v) is 8.16. The molecule has 2 heterocycles. The van der Waals surface area contributed by atoms with Gasteiger partial charge in [0, 0.05) is 27.5 Å². The van der Waals surface area contributed by atoms with Crippen molar-refractivity contribution in [2.24, 2.45) is 0 Å². The molecular formula is C51H31N3O. The van der Waals surface area contributed by atoms with Crippen LogP contribution in [0, 0.1) is 0 Å². The number of hydrogen-bond acceptors (Lipinski definition) is 4. The largest absolute Gasteiger partial charge is 0.456 e. The first-order valence-electron chi connectivity index (χ1n) is 18.5. The van der Waals surface area contributed by atoms with Crippen molar-refractivity contribution in [3.8, 4) is 56.4 Å². The van der Waals surface area contributed by atoms with E-state index in [2.05, 4.69) is 152 Å². The first kappa shape index (κ1) is 31.1. The van der Waals surface area contributed by atoms with Crippen LogP contribution in [-0.4, -0.2) is 15.0 Å². The van der Waals surface area contributed by atoms with Crippen molar-refractivity contribution in [3.63, 3.8) is 0 Å². The molecule has 0 saturated carbocycles. The highest BCUT2D eigenvalue weighted by molar-refractivity contribution is 6.21. The van der Waals surface area contributed by atoms with E-state index in [9.17, 15) is 0 Å². The number of aromatic nitrogens is 3. The average molecular weight is 702 g/mol. The molecule has 256 valence electrons. The summed E-state index contributed by atoms with van der Waals surface area (Å²) in [4.78, 5) is 16.1. The SMILES string of the molecule is c1ccc(-c2cccc(-c3ccc4oc5ccccc5c4c3-c3nc(-c4ccccc4)nc(-c4cc5c6ccccc6ccc5c5ccccc45)n3)c2)cc1. The molecule has 0 aliphatic carbocycles. The number of benzene rings is 9. The molecule has 0 atom stereocenters. The number of rotatable bonds is 5. The number of para-hydroxylation sites is 1. The molecule has 55 heavy (non-hydrogen) atoms. The Morgan fingerprint density at radius 2 is 0.927 bits per heavy atom. The first-order chi connectivity index (χ1) is 27.3. The molecule has 0 bridgehead atoms. The summed E-state index contributed by atoms with van der Waals surface area (Å²) in [7, 11) is 0. The fraction of sp³-hybridized carbons (Fsp3) is 0. The van der Waals surface area contributed by atoms with Gasteiger partial charge in [-0.3, -0.25) is 0 Å². The summed E-state index contributed by atoms with van der Waals surface area (Å²) in [6.07, 6.45) is 0. The van der Waals surface area contributed by atoms with Gasteiger partial charge in [-0.1, -0.05) is 158 Å². The number of hydrogen-bond donors (Lipinski definition) is 0. The Balaban J connectivity index is 1.25. The third-order valence-corrected chi connectivity index (χ3v) is 10.7. The maximum Gasteiger partial charge on any atom is 0.165 e. The minimum Gasteiger partial charge on any atom is -0.456 e. The van der Waals surface area contributed by atoms with Gasteiger partial charge in [-0.25, -0.2) is 15.0 Å². The maximum absolute atomic E-state index is 6.50. The predicted molar refractivity (Wildman–Crippen MR) is 227 cm³/mol. The summed E-state index contributed by atoms with van der Waals surface area (Å²) in [5.74, 6) is 1.81. The molecule has 2 aromatic heterocycles. The molecule has 0 saturated heterocycles. The van der Waals surface area contributed by atoms with E-state index in [1.54, 1.807) is 0 Å². The van der Waals surface area contributed by atoms with E-state index >= 15 is 0 Å². The molecule has 0 fully saturated rings. The minimum absolute atomic E-state index is 0.586. The van der Waals surface area contributed by atoms with Gasteiger partial charge < -0.3 is 4.42 Å². The lowest BCUT2D eigenvalue weighted by atomic mass is 9.92. The molecule has 0 N–H and O–H groups in total.